The van der Waals surface area contributed by atoms with Gasteiger partial charge in [-0.3, -0.25) is 18.6 Å². The standard InChI is InChI=1S/C39H76NO8P/c1-3-5-7-9-11-13-15-17-19-20-22-24-26-28-30-37(39(43)46-35-36(34-41)48-49(44,45)47-33-32-40)38(42)31-29-27-25-23-21-18-16-14-12-10-8-6-4-2/h17,19,36-37,41H,3-16,18,20-35,40H2,1-2H3,(H,44,45)/t36-,37?/m0/s1. The van der Waals surface area contributed by atoms with Crippen molar-refractivity contribution in [2.75, 3.05) is 26.4 Å². The van der Waals surface area contributed by atoms with E-state index in [1.807, 2.05) is 0 Å². The molecule has 0 fully saturated rings. The summed E-state index contributed by atoms with van der Waals surface area (Å²) in [6.45, 7) is 3.19. The summed E-state index contributed by atoms with van der Waals surface area (Å²) in [5.41, 5.74) is 5.30. The normalized spacial score (nSPS) is 14.2. The number of phosphoric ester groups is 1. The lowest BCUT2D eigenvalue weighted by Gasteiger charge is -2.20. The number of carbonyl (C=O) groups excluding carboxylic acids is 2. The molecule has 290 valence electrons. The summed E-state index contributed by atoms with van der Waals surface area (Å²) in [6, 6.07) is 0. The van der Waals surface area contributed by atoms with Gasteiger partial charge in [-0.2, -0.15) is 0 Å². The third-order valence-electron chi connectivity index (χ3n) is 8.97. The number of hydrogen-bond acceptors (Lipinski definition) is 8. The van der Waals surface area contributed by atoms with Crippen molar-refractivity contribution < 1.29 is 37.9 Å². The zero-order chi connectivity index (χ0) is 36.3. The Labute approximate surface area is 300 Å². The zero-order valence-electron chi connectivity index (χ0n) is 31.6. The van der Waals surface area contributed by atoms with Gasteiger partial charge in [0.05, 0.1) is 13.2 Å². The Morgan fingerprint density at radius 3 is 1.61 bits per heavy atom. The smallest absolute Gasteiger partial charge is 0.462 e. The molecule has 49 heavy (non-hydrogen) atoms. The zero-order valence-corrected chi connectivity index (χ0v) is 32.5. The summed E-state index contributed by atoms with van der Waals surface area (Å²) in [6.07, 6.45) is 33.7. The monoisotopic (exact) mass is 718 g/mol. The van der Waals surface area contributed by atoms with Crippen LogP contribution in [0.3, 0.4) is 0 Å². The quantitative estimate of drug-likeness (QED) is 0.0187. The maximum atomic E-state index is 13.2. The average Bonchev–Trinajstić information content (AvgIpc) is 3.09. The Morgan fingerprint density at radius 2 is 1.14 bits per heavy atom. The molecule has 0 amide bonds. The second-order valence-electron chi connectivity index (χ2n) is 13.7. The Hall–Kier alpha value is -1.09. The number of phosphoric acid groups is 1. The Bertz CT molecular complexity index is 840. The Balaban J connectivity index is 4.59. The lowest BCUT2D eigenvalue weighted by molar-refractivity contribution is -0.155. The number of carbonyl (C=O) groups is 2. The molecule has 9 nitrogen and oxygen atoms in total. The van der Waals surface area contributed by atoms with Gasteiger partial charge in [-0.1, -0.05) is 154 Å². The van der Waals surface area contributed by atoms with Crippen molar-refractivity contribution >= 4 is 19.6 Å². The van der Waals surface area contributed by atoms with Gasteiger partial charge >= 0.3 is 13.8 Å². The van der Waals surface area contributed by atoms with Gasteiger partial charge in [0.25, 0.3) is 0 Å². The fraction of sp³-hybridized carbons (Fsp3) is 0.897. The van der Waals surface area contributed by atoms with Crippen LogP contribution in [-0.4, -0.2) is 54.2 Å². The fourth-order valence-corrected chi connectivity index (χ4v) is 6.82. The van der Waals surface area contributed by atoms with E-state index in [0.29, 0.717) is 12.8 Å². The summed E-state index contributed by atoms with van der Waals surface area (Å²) in [7, 11) is -4.47. The molecule has 0 aliphatic rings. The van der Waals surface area contributed by atoms with Crippen LogP contribution in [0.25, 0.3) is 0 Å². The maximum Gasteiger partial charge on any atom is 0.472 e. The number of rotatable bonds is 38. The highest BCUT2D eigenvalue weighted by Gasteiger charge is 2.30. The summed E-state index contributed by atoms with van der Waals surface area (Å²) < 4.78 is 27.0. The van der Waals surface area contributed by atoms with Crippen LogP contribution in [0.5, 0.6) is 0 Å². The number of esters is 1. The number of nitrogens with two attached hydrogens (primary N) is 1. The van der Waals surface area contributed by atoms with Crippen LogP contribution in [0.15, 0.2) is 12.2 Å². The van der Waals surface area contributed by atoms with Crippen LogP contribution < -0.4 is 5.73 Å². The maximum absolute atomic E-state index is 13.2. The van der Waals surface area contributed by atoms with E-state index in [2.05, 4.69) is 26.0 Å². The first-order valence-corrected chi connectivity index (χ1v) is 21.6. The third-order valence-corrected chi connectivity index (χ3v) is 10.0. The minimum absolute atomic E-state index is 0.0195. The number of ether oxygens (including phenoxy) is 1. The van der Waals surface area contributed by atoms with Gasteiger partial charge in [-0.25, -0.2) is 4.57 Å². The number of allylic oxidation sites excluding steroid dienone is 2. The number of aliphatic hydroxyl groups is 1. The van der Waals surface area contributed by atoms with E-state index in [-0.39, 0.29) is 18.9 Å². The molecular formula is C39H76NO8P. The van der Waals surface area contributed by atoms with Gasteiger partial charge in [-0.05, 0) is 38.5 Å². The molecule has 0 saturated carbocycles. The van der Waals surface area contributed by atoms with Crippen LogP contribution in [0.4, 0.5) is 0 Å². The van der Waals surface area contributed by atoms with E-state index >= 15 is 0 Å². The van der Waals surface area contributed by atoms with Gasteiger partial charge < -0.3 is 20.5 Å². The first-order chi connectivity index (χ1) is 23.8. The molecule has 0 rings (SSSR count). The van der Waals surface area contributed by atoms with E-state index in [1.54, 1.807) is 0 Å². The van der Waals surface area contributed by atoms with E-state index < -0.39 is 39.0 Å². The molecule has 10 heteroatoms. The fourth-order valence-electron chi connectivity index (χ4n) is 5.92. The highest BCUT2D eigenvalue weighted by atomic mass is 31.2. The van der Waals surface area contributed by atoms with Crippen LogP contribution in [0.1, 0.15) is 187 Å². The lowest BCUT2D eigenvalue weighted by Crippen LogP contribution is -2.31. The molecule has 0 bridgehead atoms. The highest BCUT2D eigenvalue weighted by molar-refractivity contribution is 7.47. The Morgan fingerprint density at radius 1 is 0.694 bits per heavy atom. The second-order valence-corrected chi connectivity index (χ2v) is 15.1. The molecule has 0 aromatic heterocycles. The predicted molar refractivity (Wildman–Crippen MR) is 201 cm³/mol. The molecule has 0 spiro atoms. The van der Waals surface area contributed by atoms with Crippen molar-refractivity contribution in [3.8, 4) is 0 Å². The number of unbranched alkanes of at least 4 members (excludes halogenated alkanes) is 22. The number of Topliss-reactive ketones (excluding diaryl/α,β-unsaturated/α-hetero) is 1. The van der Waals surface area contributed by atoms with Crippen molar-refractivity contribution in [3.63, 3.8) is 0 Å². The van der Waals surface area contributed by atoms with Gasteiger partial charge in [0.15, 0.2) is 0 Å². The van der Waals surface area contributed by atoms with Crippen molar-refractivity contribution in [3.05, 3.63) is 12.2 Å². The lowest BCUT2D eigenvalue weighted by atomic mass is 9.93. The van der Waals surface area contributed by atoms with Crippen molar-refractivity contribution in [1.82, 2.24) is 0 Å². The minimum atomic E-state index is -4.47. The van der Waals surface area contributed by atoms with Crippen LogP contribution in [0.2, 0.25) is 0 Å². The molecule has 0 saturated heterocycles. The summed E-state index contributed by atoms with van der Waals surface area (Å²) in [4.78, 5) is 36.1. The molecule has 0 aromatic carbocycles. The third kappa shape index (κ3) is 31.4. The molecular weight excluding hydrogens is 641 g/mol. The number of ketones is 1. The van der Waals surface area contributed by atoms with Crippen molar-refractivity contribution in [2.24, 2.45) is 11.7 Å². The van der Waals surface area contributed by atoms with E-state index in [1.165, 1.54) is 103 Å². The number of hydrogen-bond donors (Lipinski definition) is 3. The van der Waals surface area contributed by atoms with Gasteiger partial charge in [-0.15, -0.1) is 0 Å². The molecule has 3 atom stereocenters. The van der Waals surface area contributed by atoms with E-state index in [4.69, 9.17) is 19.5 Å². The molecule has 0 heterocycles. The molecule has 0 aromatic rings. The second kappa shape index (κ2) is 35.3. The van der Waals surface area contributed by atoms with Crippen LogP contribution in [-0.2, 0) is 27.9 Å². The molecule has 4 N–H and O–H groups in total. The SMILES string of the molecule is CCCCCCCCC=CCCCCCCC(C(=O)CCCCCCCCCCCCCCC)C(=O)OC[C@H](CO)OP(=O)(O)OCCN. The van der Waals surface area contributed by atoms with Crippen LogP contribution in [0, 0.1) is 5.92 Å². The topological polar surface area (TPSA) is 145 Å². The van der Waals surface area contributed by atoms with Crippen LogP contribution >= 0.6 is 7.82 Å². The molecule has 0 aliphatic carbocycles. The van der Waals surface area contributed by atoms with Crippen molar-refractivity contribution in [2.45, 2.75) is 193 Å². The molecule has 0 aliphatic heterocycles. The summed E-state index contributed by atoms with van der Waals surface area (Å²) in [5.74, 6) is -1.68. The summed E-state index contributed by atoms with van der Waals surface area (Å²) >= 11 is 0. The van der Waals surface area contributed by atoms with Crippen molar-refractivity contribution in [1.29, 1.82) is 0 Å². The molecule has 0 radical (unpaired) electrons. The predicted octanol–water partition coefficient (Wildman–Crippen LogP) is 10.3. The van der Waals surface area contributed by atoms with Gasteiger partial charge in [0.2, 0.25) is 0 Å². The molecule has 2 unspecified atom stereocenters. The van der Waals surface area contributed by atoms with E-state index in [0.717, 1.165) is 57.8 Å². The van der Waals surface area contributed by atoms with Gasteiger partial charge in [0, 0.05) is 13.0 Å². The first-order valence-electron chi connectivity index (χ1n) is 20.1. The minimum Gasteiger partial charge on any atom is -0.462 e. The average molecular weight is 718 g/mol. The number of aliphatic hydroxyl groups excluding tert-OH is 1. The van der Waals surface area contributed by atoms with E-state index in [9.17, 15) is 24.2 Å². The highest BCUT2D eigenvalue weighted by Crippen LogP contribution is 2.44. The Kier molecular flexibility index (Phi) is 34.5. The first kappa shape index (κ1) is 47.9. The summed E-state index contributed by atoms with van der Waals surface area (Å²) in [5, 5.41) is 9.61. The largest absolute Gasteiger partial charge is 0.472 e. The van der Waals surface area contributed by atoms with Gasteiger partial charge in [0.1, 0.15) is 24.4 Å².